The molecule has 2 saturated heterocycles. The zero-order valence-electron chi connectivity index (χ0n) is 38.2. The van der Waals surface area contributed by atoms with Gasteiger partial charge in [0.15, 0.2) is 5.65 Å². The van der Waals surface area contributed by atoms with E-state index in [1.807, 2.05) is 84.4 Å². The normalized spacial score (nSPS) is 15.8. The third-order valence-corrected chi connectivity index (χ3v) is 12.8. The summed E-state index contributed by atoms with van der Waals surface area (Å²) in [6.45, 7) is 7.18. The van der Waals surface area contributed by atoms with Gasteiger partial charge in [-0.25, -0.2) is 19.9 Å². The van der Waals surface area contributed by atoms with Crippen molar-refractivity contribution in [2.45, 2.75) is 43.8 Å². The Morgan fingerprint density at radius 2 is 1.72 bits per heavy atom. The summed E-state index contributed by atoms with van der Waals surface area (Å²) in [6, 6.07) is 20.6. The van der Waals surface area contributed by atoms with Gasteiger partial charge in [0, 0.05) is 75.7 Å². The van der Waals surface area contributed by atoms with Gasteiger partial charge in [0.25, 0.3) is 5.91 Å². The Labute approximate surface area is 395 Å². The van der Waals surface area contributed by atoms with E-state index in [2.05, 4.69) is 50.3 Å². The minimum Gasteiger partial charge on any atom is -0.492 e. The number of H-pyrrole nitrogens is 1. The summed E-state index contributed by atoms with van der Waals surface area (Å²) in [6.07, 6.45) is 7.00. The topological polar surface area (TPSA) is 205 Å². The Hall–Kier alpha value is -6.18. The van der Waals surface area contributed by atoms with E-state index in [4.69, 9.17) is 26.8 Å². The monoisotopic (exact) mass is 933 g/mol. The van der Waals surface area contributed by atoms with Crippen LogP contribution in [0, 0.1) is 0 Å². The third kappa shape index (κ3) is 12.1. The van der Waals surface area contributed by atoms with Crippen molar-refractivity contribution in [3.05, 3.63) is 107 Å². The minimum atomic E-state index is -1.02. The van der Waals surface area contributed by atoms with Crippen LogP contribution in [0.15, 0.2) is 85.6 Å². The predicted molar refractivity (Wildman–Crippen MR) is 257 cm³/mol. The van der Waals surface area contributed by atoms with Crippen molar-refractivity contribution in [3.63, 3.8) is 0 Å². The number of likely N-dealkylation sites (N-methyl/N-ethyl adjacent to an activating group) is 1. The number of carbonyl (C=O) groups is 3. The van der Waals surface area contributed by atoms with Crippen molar-refractivity contribution in [3.8, 4) is 5.75 Å². The highest BCUT2D eigenvalue weighted by Gasteiger charge is 2.39. The second kappa shape index (κ2) is 22.1. The summed E-state index contributed by atoms with van der Waals surface area (Å²) in [5.74, 6) is 1.18. The van der Waals surface area contributed by atoms with Crippen molar-refractivity contribution in [2.75, 3.05) is 97.7 Å². The van der Waals surface area contributed by atoms with Crippen molar-refractivity contribution < 1.29 is 23.9 Å². The maximum Gasteiger partial charge on any atom is 0.270 e. The second-order valence-corrected chi connectivity index (χ2v) is 17.9. The van der Waals surface area contributed by atoms with E-state index in [9.17, 15) is 14.4 Å². The van der Waals surface area contributed by atoms with Crippen LogP contribution in [0.2, 0.25) is 5.02 Å². The Balaban J connectivity index is 0.744. The highest BCUT2D eigenvalue weighted by Crippen LogP contribution is 2.30. The lowest BCUT2D eigenvalue weighted by Crippen LogP contribution is -2.60. The lowest BCUT2D eigenvalue weighted by Gasteiger charge is -2.39. The molecule has 2 aliphatic rings. The van der Waals surface area contributed by atoms with Crippen LogP contribution in [0.25, 0.3) is 22.2 Å². The van der Waals surface area contributed by atoms with E-state index >= 15 is 0 Å². The molecule has 6 aromatic rings. The standard InChI is InChI=1S/C48H60ClN13O5/c1-58(2)27-30-67-41-6-4-3-5-35(41)31-62-33-55-39-11-12-40(56-45(39)62)46(64)52-19-29-66-28-15-42(63)60-25-23-59(24-26-60)20-14-38(34-7-9-36(49)10-8-34)57-47(65)48(50)16-21-61(22-17-48)44-37-13-18-51-43(37)53-32-54-44/h3-13,18,32-33,38H,14-17,19-31,50H2,1-2H3,(H,52,64)(H,57,65)(H,51,53,54)/t38-/m0/s1. The largest absolute Gasteiger partial charge is 0.492 e. The number of nitrogens with one attached hydrogen (secondary N) is 3. The first-order valence-corrected chi connectivity index (χ1v) is 23.3. The molecule has 354 valence electrons. The molecule has 6 heterocycles. The number of fused-ring (bicyclic) bond motifs is 2. The number of nitrogens with zero attached hydrogens (tertiary/aromatic N) is 9. The highest BCUT2D eigenvalue weighted by atomic mass is 35.5. The van der Waals surface area contributed by atoms with Crippen LogP contribution in [-0.2, 0) is 20.9 Å². The molecule has 8 rings (SSSR count). The zero-order chi connectivity index (χ0) is 46.8. The third-order valence-electron chi connectivity index (χ3n) is 12.6. The van der Waals surface area contributed by atoms with E-state index < -0.39 is 5.54 Å². The molecule has 0 radical (unpaired) electrons. The molecule has 0 aliphatic carbocycles. The lowest BCUT2D eigenvalue weighted by atomic mass is 9.87. The van der Waals surface area contributed by atoms with Crippen LogP contribution in [0.5, 0.6) is 5.75 Å². The Bertz CT molecular complexity index is 2600. The van der Waals surface area contributed by atoms with Gasteiger partial charge in [0.1, 0.15) is 41.4 Å². The van der Waals surface area contributed by atoms with Gasteiger partial charge in [-0.15, -0.1) is 0 Å². The van der Waals surface area contributed by atoms with Crippen molar-refractivity contribution in [1.82, 2.24) is 54.8 Å². The van der Waals surface area contributed by atoms with Crippen molar-refractivity contribution in [2.24, 2.45) is 5.73 Å². The van der Waals surface area contributed by atoms with E-state index in [-0.39, 0.29) is 55.6 Å². The van der Waals surface area contributed by atoms with E-state index in [0.29, 0.717) is 87.9 Å². The average Bonchev–Trinajstić information content (AvgIpc) is 3.99. The fourth-order valence-corrected chi connectivity index (χ4v) is 8.66. The van der Waals surface area contributed by atoms with Crippen LogP contribution in [0.1, 0.15) is 53.3 Å². The van der Waals surface area contributed by atoms with Gasteiger partial charge in [0.2, 0.25) is 11.8 Å². The Morgan fingerprint density at radius 1 is 0.925 bits per heavy atom. The second-order valence-electron chi connectivity index (χ2n) is 17.5. The minimum absolute atomic E-state index is 0.0309. The summed E-state index contributed by atoms with van der Waals surface area (Å²) in [7, 11) is 4.01. The number of aromatic nitrogens is 6. The molecule has 5 N–H and O–H groups in total. The van der Waals surface area contributed by atoms with Gasteiger partial charge >= 0.3 is 0 Å². The van der Waals surface area contributed by atoms with Gasteiger partial charge in [0.05, 0.1) is 49.5 Å². The number of para-hydroxylation sites is 1. The summed E-state index contributed by atoms with van der Waals surface area (Å²) in [5.41, 5.74) is 10.1. The first-order chi connectivity index (χ1) is 32.5. The number of benzene rings is 2. The fraction of sp³-hybridized carbons (Fsp3) is 0.438. The van der Waals surface area contributed by atoms with Crippen molar-refractivity contribution in [1.29, 1.82) is 0 Å². The summed E-state index contributed by atoms with van der Waals surface area (Å²) in [4.78, 5) is 69.6. The number of ether oxygens (including phenoxy) is 2. The molecule has 0 spiro atoms. The maximum absolute atomic E-state index is 13.9. The van der Waals surface area contributed by atoms with Gasteiger partial charge in [-0.1, -0.05) is 41.9 Å². The van der Waals surface area contributed by atoms with Gasteiger partial charge in [-0.3, -0.25) is 19.3 Å². The van der Waals surface area contributed by atoms with E-state index in [1.54, 1.807) is 24.8 Å². The summed E-state index contributed by atoms with van der Waals surface area (Å²) >= 11 is 6.24. The Kier molecular flexibility index (Phi) is 15.6. The quantitative estimate of drug-likeness (QED) is 0.0805. The number of hydrogen-bond donors (Lipinski definition) is 4. The number of piperazine rings is 1. The number of piperidine rings is 1. The van der Waals surface area contributed by atoms with Crippen LogP contribution >= 0.6 is 11.6 Å². The predicted octanol–water partition coefficient (Wildman–Crippen LogP) is 3.87. The SMILES string of the molecule is CN(C)CCOc1ccccc1Cn1cnc2ccc(C(=O)NCCOCCC(=O)N3CCN(CC[C@H](NC(=O)C4(N)CCN(c5ncnc6[nH]ccc56)CC4)c4ccc(Cl)cc4)CC3)nc21. The molecule has 3 amide bonds. The summed E-state index contributed by atoms with van der Waals surface area (Å²) in [5, 5.41) is 7.73. The van der Waals surface area contributed by atoms with Crippen LogP contribution in [0.4, 0.5) is 5.82 Å². The lowest BCUT2D eigenvalue weighted by molar-refractivity contribution is -0.134. The molecule has 2 aliphatic heterocycles. The molecular formula is C48H60ClN13O5. The first-order valence-electron chi connectivity index (χ1n) is 22.9. The van der Waals surface area contributed by atoms with E-state index in [1.165, 1.54) is 0 Å². The molecule has 0 unspecified atom stereocenters. The van der Waals surface area contributed by atoms with Crippen LogP contribution in [-0.4, -0.2) is 160 Å². The number of imidazole rings is 1. The Morgan fingerprint density at radius 3 is 2.51 bits per heavy atom. The zero-order valence-corrected chi connectivity index (χ0v) is 39.0. The fourth-order valence-electron chi connectivity index (χ4n) is 8.53. The number of halogens is 1. The van der Waals surface area contributed by atoms with Gasteiger partial charge in [-0.05, 0) is 75.3 Å². The number of pyridine rings is 1. The molecule has 19 heteroatoms. The molecule has 0 saturated carbocycles. The number of nitrogens with two attached hydrogens (primary N) is 1. The number of anilines is 1. The van der Waals surface area contributed by atoms with E-state index in [0.717, 1.165) is 46.8 Å². The van der Waals surface area contributed by atoms with Gasteiger partial charge < -0.3 is 50.1 Å². The molecule has 2 fully saturated rings. The van der Waals surface area contributed by atoms with Crippen LogP contribution < -0.4 is 26.0 Å². The summed E-state index contributed by atoms with van der Waals surface area (Å²) < 4.78 is 13.7. The number of hydrogen-bond acceptors (Lipinski definition) is 13. The molecule has 18 nitrogen and oxygen atoms in total. The number of aromatic amines is 1. The molecule has 1 atom stereocenters. The molecule has 2 aromatic carbocycles. The van der Waals surface area contributed by atoms with Crippen LogP contribution in [0.3, 0.4) is 0 Å². The first kappa shape index (κ1) is 47.3. The maximum atomic E-state index is 13.9. The molecule has 67 heavy (non-hydrogen) atoms. The average molecular weight is 935 g/mol. The number of rotatable bonds is 20. The molecule has 0 bridgehead atoms. The molecular weight excluding hydrogens is 874 g/mol. The van der Waals surface area contributed by atoms with Crippen molar-refractivity contribution >= 4 is 57.3 Å². The van der Waals surface area contributed by atoms with Gasteiger partial charge in [-0.2, -0.15) is 0 Å². The number of carbonyl (C=O) groups excluding carboxylic acids is 3. The smallest absolute Gasteiger partial charge is 0.270 e. The number of amides is 3. The molecule has 4 aromatic heterocycles. The highest BCUT2D eigenvalue weighted by molar-refractivity contribution is 6.30.